The SMILES string of the molecule is CC1(c2ccc(F)cc2F)CCCN1. The Kier molecular flexibility index (Phi) is 2.27. The van der Waals surface area contributed by atoms with E-state index in [1.807, 2.05) is 6.92 Å². The largest absolute Gasteiger partial charge is 0.308 e. The van der Waals surface area contributed by atoms with Crippen molar-refractivity contribution in [1.82, 2.24) is 5.32 Å². The molecule has 0 aromatic heterocycles. The highest BCUT2D eigenvalue weighted by atomic mass is 19.1. The third-order valence-electron chi connectivity index (χ3n) is 2.89. The molecule has 14 heavy (non-hydrogen) atoms. The Morgan fingerprint density at radius 2 is 2.14 bits per heavy atom. The summed E-state index contributed by atoms with van der Waals surface area (Å²) in [5.41, 5.74) is 0.244. The van der Waals surface area contributed by atoms with E-state index in [0.717, 1.165) is 25.5 Å². The zero-order valence-corrected chi connectivity index (χ0v) is 8.11. The summed E-state index contributed by atoms with van der Waals surface area (Å²) in [4.78, 5) is 0. The first kappa shape index (κ1) is 9.59. The van der Waals surface area contributed by atoms with Gasteiger partial charge in [0.25, 0.3) is 0 Å². The minimum atomic E-state index is -0.521. The normalized spacial score (nSPS) is 26.8. The summed E-state index contributed by atoms with van der Waals surface area (Å²) in [6.45, 7) is 2.85. The summed E-state index contributed by atoms with van der Waals surface area (Å²) < 4.78 is 26.2. The van der Waals surface area contributed by atoms with Crippen molar-refractivity contribution in [3.05, 3.63) is 35.4 Å². The van der Waals surface area contributed by atoms with Gasteiger partial charge in [0.2, 0.25) is 0 Å². The molecule has 0 spiro atoms. The molecular weight excluding hydrogens is 184 g/mol. The molecule has 1 aromatic carbocycles. The van der Waals surface area contributed by atoms with Crippen LogP contribution in [0.2, 0.25) is 0 Å². The van der Waals surface area contributed by atoms with Crippen molar-refractivity contribution >= 4 is 0 Å². The summed E-state index contributed by atoms with van der Waals surface area (Å²) in [6.07, 6.45) is 1.93. The van der Waals surface area contributed by atoms with Gasteiger partial charge in [-0.15, -0.1) is 0 Å². The summed E-state index contributed by atoms with van der Waals surface area (Å²) in [7, 11) is 0. The zero-order chi connectivity index (χ0) is 10.2. The van der Waals surface area contributed by atoms with E-state index >= 15 is 0 Å². The average Bonchev–Trinajstić information content (AvgIpc) is 2.52. The van der Waals surface area contributed by atoms with E-state index in [1.54, 1.807) is 0 Å². The number of nitrogens with one attached hydrogen (secondary N) is 1. The van der Waals surface area contributed by atoms with E-state index < -0.39 is 11.6 Å². The Hall–Kier alpha value is -0.960. The first-order valence-electron chi connectivity index (χ1n) is 4.82. The fourth-order valence-corrected chi connectivity index (χ4v) is 2.06. The molecular formula is C11H13F2N. The molecule has 0 radical (unpaired) electrons. The number of benzene rings is 1. The van der Waals surface area contributed by atoms with Crippen molar-refractivity contribution in [1.29, 1.82) is 0 Å². The molecule has 1 fully saturated rings. The quantitative estimate of drug-likeness (QED) is 0.729. The number of hydrogen-bond acceptors (Lipinski definition) is 1. The van der Waals surface area contributed by atoms with Crippen LogP contribution in [0.15, 0.2) is 18.2 Å². The lowest BCUT2D eigenvalue weighted by Crippen LogP contribution is -2.34. The lowest BCUT2D eigenvalue weighted by atomic mass is 9.90. The highest BCUT2D eigenvalue weighted by Crippen LogP contribution is 2.31. The van der Waals surface area contributed by atoms with Crippen molar-refractivity contribution in [3.8, 4) is 0 Å². The lowest BCUT2D eigenvalue weighted by molar-refractivity contribution is 0.408. The molecule has 1 saturated heterocycles. The van der Waals surface area contributed by atoms with Gasteiger partial charge in [0.1, 0.15) is 11.6 Å². The van der Waals surface area contributed by atoms with Crippen molar-refractivity contribution in [3.63, 3.8) is 0 Å². The summed E-state index contributed by atoms with van der Waals surface area (Å²) in [6, 6.07) is 3.78. The van der Waals surface area contributed by atoms with Crippen LogP contribution in [-0.4, -0.2) is 6.54 Å². The van der Waals surface area contributed by atoms with Crippen molar-refractivity contribution < 1.29 is 8.78 Å². The molecule has 0 saturated carbocycles. The molecule has 1 heterocycles. The van der Waals surface area contributed by atoms with Crippen molar-refractivity contribution in [2.45, 2.75) is 25.3 Å². The maximum atomic E-state index is 13.5. The van der Waals surface area contributed by atoms with Gasteiger partial charge < -0.3 is 5.32 Å². The van der Waals surface area contributed by atoms with Gasteiger partial charge >= 0.3 is 0 Å². The first-order valence-corrected chi connectivity index (χ1v) is 4.82. The van der Waals surface area contributed by atoms with Gasteiger partial charge in [-0.2, -0.15) is 0 Å². The average molecular weight is 197 g/mol. The van der Waals surface area contributed by atoms with Gasteiger partial charge in [-0.1, -0.05) is 6.07 Å². The minimum Gasteiger partial charge on any atom is -0.308 e. The third-order valence-corrected chi connectivity index (χ3v) is 2.89. The molecule has 1 N–H and O–H groups in total. The van der Waals surface area contributed by atoms with Crippen LogP contribution in [0.5, 0.6) is 0 Å². The molecule has 76 valence electrons. The number of hydrogen-bond donors (Lipinski definition) is 1. The fourth-order valence-electron chi connectivity index (χ4n) is 2.06. The van der Waals surface area contributed by atoms with Gasteiger partial charge in [-0.25, -0.2) is 8.78 Å². The van der Waals surface area contributed by atoms with Crippen LogP contribution >= 0.6 is 0 Å². The van der Waals surface area contributed by atoms with Crippen LogP contribution in [0.1, 0.15) is 25.3 Å². The summed E-state index contributed by atoms with van der Waals surface area (Å²) in [5, 5.41) is 3.25. The number of halogens is 2. The third kappa shape index (κ3) is 1.52. The maximum Gasteiger partial charge on any atom is 0.131 e. The summed E-state index contributed by atoms with van der Waals surface area (Å²) in [5.74, 6) is -0.977. The second-order valence-electron chi connectivity index (χ2n) is 3.99. The lowest BCUT2D eigenvalue weighted by Gasteiger charge is -2.25. The zero-order valence-electron chi connectivity index (χ0n) is 8.11. The predicted octanol–water partition coefficient (Wildman–Crippen LogP) is 2.56. The van der Waals surface area contributed by atoms with E-state index in [0.29, 0.717) is 5.56 Å². The molecule has 1 aromatic rings. The molecule has 3 heteroatoms. The molecule has 2 rings (SSSR count). The molecule has 1 aliphatic heterocycles. The molecule has 1 atom stereocenters. The maximum absolute atomic E-state index is 13.5. The Labute approximate surface area is 82.1 Å². The van der Waals surface area contributed by atoms with E-state index in [1.165, 1.54) is 12.1 Å². The molecule has 1 aliphatic rings. The smallest absolute Gasteiger partial charge is 0.131 e. The van der Waals surface area contributed by atoms with Gasteiger partial charge in [-0.3, -0.25) is 0 Å². The van der Waals surface area contributed by atoms with Crippen LogP contribution in [0.4, 0.5) is 8.78 Å². The molecule has 1 nitrogen and oxygen atoms in total. The van der Waals surface area contributed by atoms with E-state index in [9.17, 15) is 8.78 Å². The molecule has 0 bridgehead atoms. The van der Waals surface area contributed by atoms with Crippen LogP contribution in [-0.2, 0) is 5.54 Å². The highest BCUT2D eigenvalue weighted by Gasteiger charge is 2.32. The van der Waals surface area contributed by atoms with Crippen LogP contribution < -0.4 is 5.32 Å². The summed E-state index contributed by atoms with van der Waals surface area (Å²) >= 11 is 0. The highest BCUT2D eigenvalue weighted by molar-refractivity contribution is 5.27. The monoisotopic (exact) mass is 197 g/mol. The van der Waals surface area contributed by atoms with E-state index in [-0.39, 0.29) is 5.54 Å². The first-order chi connectivity index (χ1) is 6.62. The Balaban J connectivity index is 2.40. The van der Waals surface area contributed by atoms with Crippen molar-refractivity contribution in [2.75, 3.05) is 6.54 Å². The Bertz CT molecular complexity index is 343. The van der Waals surface area contributed by atoms with Crippen LogP contribution in [0.3, 0.4) is 0 Å². The van der Waals surface area contributed by atoms with E-state index in [2.05, 4.69) is 5.32 Å². The standard InChI is InChI=1S/C11H13F2N/c1-11(5-2-6-14-11)9-4-3-8(12)7-10(9)13/h3-4,7,14H,2,5-6H2,1H3. The van der Waals surface area contributed by atoms with E-state index in [4.69, 9.17) is 0 Å². The Morgan fingerprint density at radius 1 is 1.36 bits per heavy atom. The molecule has 1 unspecified atom stereocenters. The predicted molar refractivity (Wildman–Crippen MR) is 50.9 cm³/mol. The fraction of sp³-hybridized carbons (Fsp3) is 0.455. The second-order valence-corrected chi connectivity index (χ2v) is 3.99. The van der Waals surface area contributed by atoms with Crippen LogP contribution in [0.25, 0.3) is 0 Å². The number of rotatable bonds is 1. The van der Waals surface area contributed by atoms with Gasteiger partial charge in [-0.05, 0) is 32.4 Å². The van der Waals surface area contributed by atoms with Crippen LogP contribution in [0, 0.1) is 11.6 Å². The van der Waals surface area contributed by atoms with Gasteiger partial charge in [0, 0.05) is 17.2 Å². The van der Waals surface area contributed by atoms with Crippen molar-refractivity contribution in [2.24, 2.45) is 0 Å². The molecule has 0 amide bonds. The minimum absolute atomic E-state index is 0.322. The topological polar surface area (TPSA) is 12.0 Å². The van der Waals surface area contributed by atoms with Gasteiger partial charge in [0.05, 0.1) is 0 Å². The second kappa shape index (κ2) is 3.31. The Morgan fingerprint density at radius 3 is 2.71 bits per heavy atom. The van der Waals surface area contributed by atoms with Gasteiger partial charge in [0.15, 0.2) is 0 Å². The molecule has 0 aliphatic carbocycles.